The van der Waals surface area contributed by atoms with Crippen molar-refractivity contribution in [2.45, 2.75) is 59.1 Å². The fourth-order valence-corrected chi connectivity index (χ4v) is 3.11. The molecule has 130 valence electrons. The predicted octanol–water partition coefficient (Wildman–Crippen LogP) is 2.79. The Labute approximate surface area is 142 Å². The number of aromatic nitrogens is 2. The topological polar surface area (TPSA) is 67.3 Å². The fraction of sp³-hybridized carbons (Fsp3) is 0.812. The van der Waals surface area contributed by atoms with E-state index in [1.165, 1.54) is 0 Å². The van der Waals surface area contributed by atoms with Crippen molar-refractivity contribution >= 4 is 17.4 Å². The molecule has 1 aromatic rings. The van der Waals surface area contributed by atoms with Crippen LogP contribution < -0.4 is 5.32 Å². The predicted molar refractivity (Wildman–Crippen MR) is 91.6 cm³/mol. The number of carbonyl (C=O) groups is 1. The van der Waals surface area contributed by atoms with Crippen molar-refractivity contribution in [3.63, 3.8) is 0 Å². The van der Waals surface area contributed by atoms with Gasteiger partial charge < -0.3 is 15.0 Å². The summed E-state index contributed by atoms with van der Waals surface area (Å²) in [5.74, 6) is 0.521. The van der Waals surface area contributed by atoms with Crippen LogP contribution in [-0.2, 0) is 16.7 Å². The number of urea groups is 1. The van der Waals surface area contributed by atoms with Crippen LogP contribution in [0.3, 0.4) is 0 Å². The molecule has 1 saturated heterocycles. The van der Waals surface area contributed by atoms with Crippen LogP contribution >= 0.6 is 11.3 Å². The first kappa shape index (κ1) is 18.1. The molecule has 1 N–H and O–H groups in total. The Kier molecular flexibility index (Phi) is 5.97. The summed E-state index contributed by atoms with van der Waals surface area (Å²) in [5.41, 5.74) is -0.00411. The molecule has 2 amide bonds. The van der Waals surface area contributed by atoms with Crippen LogP contribution in [-0.4, -0.2) is 46.9 Å². The molecule has 0 unspecified atom stereocenters. The summed E-state index contributed by atoms with van der Waals surface area (Å²) in [6.07, 6.45) is 1.07. The first-order chi connectivity index (χ1) is 10.8. The van der Waals surface area contributed by atoms with E-state index in [2.05, 4.69) is 50.1 Å². The molecule has 0 aromatic carbocycles. The highest BCUT2D eigenvalue weighted by Gasteiger charge is 2.27. The molecule has 23 heavy (non-hydrogen) atoms. The Morgan fingerprint density at radius 3 is 2.78 bits per heavy atom. The van der Waals surface area contributed by atoms with Gasteiger partial charge in [-0.3, -0.25) is 0 Å². The van der Waals surface area contributed by atoms with Gasteiger partial charge in [0.15, 0.2) is 0 Å². The Hall–Kier alpha value is -1.21. The first-order valence-electron chi connectivity index (χ1n) is 8.23. The van der Waals surface area contributed by atoms with Crippen molar-refractivity contribution in [2.75, 3.05) is 19.7 Å². The number of nitrogens with one attached hydrogen (secondary N) is 1. The molecule has 1 aliphatic rings. The second kappa shape index (κ2) is 7.57. The largest absolute Gasteiger partial charge is 0.376 e. The van der Waals surface area contributed by atoms with Gasteiger partial charge in [-0.25, -0.2) is 4.79 Å². The molecular formula is C16H28N4O2S. The standard InChI is InChI=1S/C16H28N4O2S/c1-11(2)10-22-12-6-7-20(9-12)15(21)17-8-13-18-19-14(23-13)16(3,4)5/h11-12H,6-10H2,1-5H3,(H,17,21)/t12-/m1/s1. The second-order valence-electron chi connectivity index (χ2n) is 7.49. The summed E-state index contributed by atoms with van der Waals surface area (Å²) >= 11 is 1.56. The lowest BCUT2D eigenvalue weighted by Gasteiger charge is -2.17. The van der Waals surface area contributed by atoms with Crippen molar-refractivity contribution in [3.8, 4) is 0 Å². The molecule has 7 heteroatoms. The smallest absolute Gasteiger partial charge is 0.317 e. The van der Waals surface area contributed by atoms with Gasteiger partial charge in [-0.05, 0) is 12.3 Å². The summed E-state index contributed by atoms with van der Waals surface area (Å²) in [5, 5.41) is 13.1. The minimum atomic E-state index is -0.0480. The highest BCUT2D eigenvalue weighted by molar-refractivity contribution is 7.11. The fourth-order valence-electron chi connectivity index (χ4n) is 2.27. The normalized spacial score (nSPS) is 18.7. The molecule has 0 spiro atoms. The third-order valence-corrected chi connectivity index (χ3v) is 4.95. The van der Waals surface area contributed by atoms with Crippen molar-refractivity contribution in [2.24, 2.45) is 5.92 Å². The van der Waals surface area contributed by atoms with Crippen LogP contribution in [0.5, 0.6) is 0 Å². The van der Waals surface area contributed by atoms with E-state index in [-0.39, 0.29) is 17.6 Å². The number of ether oxygens (including phenoxy) is 1. The monoisotopic (exact) mass is 340 g/mol. The van der Waals surface area contributed by atoms with Crippen LogP contribution in [0.25, 0.3) is 0 Å². The molecule has 2 heterocycles. The zero-order valence-electron chi connectivity index (χ0n) is 14.8. The zero-order chi connectivity index (χ0) is 17.0. The van der Waals surface area contributed by atoms with Gasteiger partial charge in [0.1, 0.15) is 10.0 Å². The Morgan fingerprint density at radius 1 is 1.43 bits per heavy atom. The van der Waals surface area contributed by atoms with Crippen LogP contribution in [0.4, 0.5) is 4.79 Å². The lowest BCUT2D eigenvalue weighted by molar-refractivity contribution is 0.0436. The molecule has 1 fully saturated rings. The third-order valence-electron chi connectivity index (χ3n) is 3.60. The Bertz CT molecular complexity index is 524. The van der Waals surface area contributed by atoms with Crippen LogP contribution in [0.1, 0.15) is 51.1 Å². The van der Waals surface area contributed by atoms with Crippen LogP contribution in [0.15, 0.2) is 0 Å². The second-order valence-corrected chi connectivity index (χ2v) is 8.56. The van der Waals surface area contributed by atoms with E-state index in [0.717, 1.165) is 29.6 Å². The SMILES string of the molecule is CC(C)CO[C@@H]1CCN(C(=O)NCc2nnc(C(C)(C)C)s2)C1. The molecular weight excluding hydrogens is 312 g/mol. The lowest BCUT2D eigenvalue weighted by atomic mass is 9.98. The minimum Gasteiger partial charge on any atom is -0.376 e. The van der Waals surface area contributed by atoms with E-state index < -0.39 is 0 Å². The van der Waals surface area contributed by atoms with Crippen molar-refractivity contribution < 1.29 is 9.53 Å². The molecule has 0 saturated carbocycles. The average Bonchev–Trinajstić information content (AvgIpc) is 3.11. The van der Waals surface area contributed by atoms with E-state index in [1.54, 1.807) is 11.3 Å². The number of amides is 2. The van der Waals surface area contributed by atoms with E-state index in [1.807, 2.05) is 4.90 Å². The molecule has 1 atom stereocenters. The van der Waals surface area contributed by atoms with Crippen molar-refractivity contribution in [1.82, 2.24) is 20.4 Å². The van der Waals surface area contributed by atoms with Gasteiger partial charge in [0.05, 0.1) is 12.6 Å². The molecule has 1 aromatic heterocycles. The molecule has 1 aliphatic heterocycles. The maximum Gasteiger partial charge on any atom is 0.317 e. The van der Waals surface area contributed by atoms with E-state index >= 15 is 0 Å². The van der Waals surface area contributed by atoms with Gasteiger partial charge in [-0.15, -0.1) is 10.2 Å². The molecule has 0 bridgehead atoms. The minimum absolute atomic E-state index is 0.00411. The summed E-state index contributed by atoms with van der Waals surface area (Å²) in [6, 6.07) is -0.0480. The van der Waals surface area contributed by atoms with Crippen molar-refractivity contribution in [3.05, 3.63) is 10.0 Å². The Balaban J connectivity index is 1.76. The van der Waals surface area contributed by atoms with Crippen LogP contribution in [0.2, 0.25) is 0 Å². The van der Waals surface area contributed by atoms with Gasteiger partial charge >= 0.3 is 6.03 Å². The molecule has 6 nitrogen and oxygen atoms in total. The summed E-state index contributed by atoms with van der Waals surface area (Å²) in [4.78, 5) is 14.0. The maximum absolute atomic E-state index is 12.2. The van der Waals surface area contributed by atoms with E-state index in [9.17, 15) is 4.79 Å². The zero-order valence-corrected chi connectivity index (χ0v) is 15.6. The van der Waals surface area contributed by atoms with E-state index in [4.69, 9.17) is 4.74 Å². The highest BCUT2D eigenvalue weighted by Crippen LogP contribution is 2.25. The number of hydrogen-bond donors (Lipinski definition) is 1. The number of rotatable bonds is 5. The quantitative estimate of drug-likeness (QED) is 0.895. The van der Waals surface area contributed by atoms with Gasteiger partial charge in [-0.2, -0.15) is 0 Å². The summed E-state index contributed by atoms with van der Waals surface area (Å²) in [7, 11) is 0. The van der Waals surface area contributed by atoms with Crippen molar-refractivity contribution in [1.29, 1.82) is 0 Å². The number of carbonyl (C=O) groups excluding carboxylic acids is 1. The van der Waals surface area contributed by atoms with E-state index in [0.29, 0.717) is 19.0 Å². The molecule has 2 rings (SSSR count). The molecule has 0 aliphatic carbocycles. The number of likely N-dealkylation sites (tertiary alicyclic amines) is 1. The van der Waals surface area contributed by atoms with Gasteiger partial charge in [0.2, 0.25) is 0 Å². The van der Waals surface area contributed by atoms with Crippen LogP contribution in [0, 0.1) is 5.92 Å². The van der Waals surface area contributed by atoms with Gasteiger partial charge in [0.25, 0.3) is 0 Å². The average molecular weight is 340 g/mol. The highest BCUT2D eigenvalue weighted by atomic mass is 32.1. The summed E-state index contributed by atoms with van der Waals surface area (Å²) < 4.78 is 5.81. The third kappa shape index (κ3) is 5.42. The number of nitrogens with zero attached hydrogens (tertiary/aromatic N) is 3. The maximum atomic E-state index is 12.2. The Morgan fingerprint density at radius 2 is 2.17 bits per heavy atom. The number of hydrogen-bond acceptors (Lipinski definition) is 5. The van der Waals surface area contributed by atoms with Gasteiger partial charge in [-0.1, -0.05) is 46.0 Å². The first-order valence-corrected chi connectivity index (χ1v) is 9.04. The van der Waals surface area contributed by atoms with Gasteiger partial charge in [0, 0.05) is 25.1 Å². The molecule has 0 radical (unpaired) electrons. The lowest BCUT2D eigenvalue weighted by Crippen LogP contribution is -2.38. The summed E-state index contributed by atoms with van der Waals surface area (Å²) in [6.45, 7) is 13.2.